The lowest BCUT2D eigenvalue weighted by atomic mass is 10.0. The van der Waals surface area contributed by atoms with E-state index < -0.39 is 0 Å². The number of anilines is 1. The van der Waals surface area contributed by atoms with Crippen molar-refractivity contribution < 1.29 is 19.1 Å². The molecule has 0 aliphatic carbocycles. The number of aryl methyl sites for hydroxylation is 1. The predicted octanol–water partition coefficient (Wildman–Crippen LogP) is 4.08. The van der Waals surface area contributed by atoms with Crippen LogP contribution in [0, 0.1) is 6.92 Å². The van der Waals surface area contributed by atoms with Gasteiger partial charge in [0.1, 0.15) is 5.00 Å². The summed E-state index contributed by atoms with van der Waals surface area (Å²) >= 11 is 1.45. The smallest absolute Gasteiger partial charge is 0.341 e. The average molecular weight is 353 g/mol. The molecule has 0 saturated carbocycles. The zero-order valence-corrected chi connectivity index (χ0v) is 15.6. The molecule has 134 valence electrons. The molecule has 1 aromatic rings. The molecule has 24 heavy (non-hydrogen) atoms. The number of carbonyl (C=O) groups excluding carboxylic acids is 2. The van der Waals surface area contributed by atoms with Crippen LogP contribution in [0.3, 0.4) is 0 Å². The number of nitrogens with one attached hydrogen (secondary N) is 1. The molecule has 2 heterocycles. The highest BCUT2D eigenvalue weighted by molar-refractivity contribution is 7.16. The van der Waals surface area contributed by atoms with Crippen LogP contribution in [0.1, 0.15) is 66.8 Å². The maximum atomic E-state index is 12.3. The van der Waals surface area contributed by atoms with Gasteiger partial charge < -0.3 is 14.8 Å². The van der Waals surface area contributed by atoms with E-state index in [0.29, 0.717) is 23.6 Å². The van der Waals surface area contributed by atoms with Crippen molar-refractivity contribution in [1.29, 1.82) is 0 Å². The van der Waals surface area contributed by atoms with Crippen molar-refractivity contribution >= 4 is 28.2 Å². The third-order valence-electron chi connectivity index (χ3n) is 4.26. The minimum atomic E-state index is -0.357. The number of carbonyl (C=O) groups is 2. The number of ether oxygens (including phenoxy) is 2. The predicted molar refractivity (Wildman–Crippen MR) is 95.8 cm³/mol. The van der Waals surface area contributed by atoms with Gasteiger partial charge in [-0.2, -0.15) is 0 Å². The number of rotatable bonds is 7. The fourth-order valence-electron chi connectivity index (χ4n) is 3.03. The van der Waals surface area contributed by atoms with Crippen LogP contribution in [-0.2, 0) is 20.7 Å². The van der Waals surface area contributed by atoms with Gasteiger partial charge in [-0.15, -0.1) is 11.3 Å². The molecular weight excluding hydrogens is 326 g/mol. The molecule has 1 amide bonds. The fraction of sp³-hybridized carbons (Fsp3) is 0.667. The summed E-state index contributed by atoms with van der Waals surface area (Å²) in [5.41, 5.74) is 1.48. The summed E-state index contributed by atoms with van der Waals surface area (Å²) < 4.78 is 10.8. The van der Waals surface area contributed by atoms with Crippen LogP contribution in [0.2, 0.25) is 0 Å². The van der Waals surface area contributed by atoms with Crippen molar-refractivity contribution in [2.75, 3.05) is 18.5 Å². The van der Waals surface area contributed by atoms with Crippen LogP contribution in [-0.4, -0.2) is 31.2 Å². The molecule has 1 fully saturated rings. The molecule has 1 aliphatic rings. The third-order valence-corrected chi connectivity index (χ3v) is 5.33. The molecule has 0 radical (unpaired) electrons. The first-order valence-corrected chi connectivity index (χ1v) is 9.59. The van der Waals surface area contributed by atoms with Gasteiger partial charge in [0.2, 0.25) is 5.91 Å². The van der Waals surface area contributed by atoms with Crippen LogP contribution < -0.4 is 5.32 Å². The summed E-state index contributed by atoms with van der Waals surface area (Å²) in [4.78, 5) is 25.6. The summed E-state index contributed by atoms with van der Waals surface area (Å²) in [6.07, 6.45) is 5.37. The summed E-state index contributed by atoms with van der Waals surface area (Å²) in [6.45, 7) is 6.87. The molecule has 2 rings (SSSR count). The second-order valence-corrected chi connectivity index (χ2v) is 7.22. The van der Waals surface area contributed by atoms with E-state index in [9.17, 15) is 9.59 Å². The minimum absolute atomic E-state index is 0.0707. The largest absolute Gasteiger partial charge is 0.462 e. The van der Waals surface area contributed by atoms with Gasteiger partial charge >= 0.3 is 5.97 Å². The lowest BCUT2D eigenvalue weighted by Crippen LogP contribution is -2.22. The SMILES string of the molecule is CCOC(=O)c1c(NC(=O)CCC2CCCCO2)sc(C)c1CC. The van der Waals surface area contributed by atoms with E-state index in [4.69, 9.17) is 9.47 Å². The first kappa shape index (κ1) is 18.9. The lowest BCUT2D eigenvalue weighted by molar-refractivity contribution is -0.117. The minimum Gasteiger partial charge on any atom is -0.462 e. The molecule has 1 aromatic heterocycles. The van der Waals surface area contributed by atoms with Crippen molar-refractivity contribution in [3.05, 3.63) is 16.0 Å². The Labute approximate surface area is 147 Å². The van der Waals surface area contributed by atoms with E-state index >= 15 is 0 Å². The zero-order valence-electron chi connectivity index (χ0n) is 14.8. The van der Waals surface area contributed by atoms with Crippen molar-refractivity contribution in [1.82, 2.24) is 0 Å². The second kappa shape index (κ2) is 9.18. The Morgan fingerprint density at radius 2 is 2.12 bits per heavy atom. The van der Waals surface area contributed by atoms with Crippen molar-refractivity contribution in [2.45, 2.75) is 65.4 Å². The van der Waals surface area contributed by atoms with Gasteiger partial charge in [0.05, 0.1) is 18.3 Å². The summed E-state index contributed by atoms with van der Waals surface area (Å²) in [5.74, 6) is -0.428. The normalized spacial score (nSPS) is 17.5. The van der Waals surface area contributed by atoms with Gasteiger partial charge in [-0.05, 0) is 51.5 Å². The van der Waals surface area contributed by atoms with Crippen molar-refractivity contribution in [3.8, 4) is 0 Å². The molecule has 0 bridgehead atoms. The highest BCUT2D eigenvalue weighted by atomic mass is 32.1. The number of hydrogen-bond acceptors (Lipinski definition) is 5. The highest BCUT2D eigenvalue weighted by Crippen LogP contribution is 2.34. The average Bonchev–Trinajstić information content (AvgIpc) is 2.89. The van der Waals surface area contributed by atoms with Gasteiger partial charge in [0.15, 0.2) is 0 Å². The van der Waals surface area contributed by atoms with E-state index in [2.05, 4.69) is 5.32 Å². The lowest BCUT2D eigenvalue weighted by Gasteiger charge is -2.22. The molecular formula is C18H27NO4S. The van der Waals surface area contributed by atoms with E-state index in [1.54, 1.807) is 6.92 Å². The molecule has 0 aromatic carbocycles. The molecule has 0 spiro atoms. The van der Waals surface area contributed by atoms with Gasteiger partial charge in [-0.3, -0.25) is 4.79 Å². The van der Waals surface area contributed by atoms with Crippen LogP contribution in [0.4, 0.5) is 5.00 Å². The quantitative estimate of drug-likeness (QED) is 0.750. The van der Waals surface area contributed by atoms with E-state index in [1.807, 2.05) is 13.8 Å². The summed E-state index contributed by atoms with van der Waals surface area (Å²) in [6, 6.07) is 0. The Morgan fingerprint density at radius 3 is 2.75 bits per heavy atom. The molecule has 1 saturated heterocycles. The van der Waals surface area contributed by atoms with Crippen LogP contribution >= 0.6 is 11.3 Å². The molecule has 6 heteroatoms. The number of amides is 1. The Morgan fingerprint density at radius 1 is 1.33 bits per heavy atom. The Balaban J connectivity index is 2.02. The summed E-state index contributed by atoms with van der Waals surface area (Å²) in [5, 5.41) is 3.52. The van der Waals surface area contributed by atoms with Gasteiger partial charge in [0.25, 0.3) is 0 Å². The number of hydrogen-bond donors (Lipinski definition) is 1. The fourth-order valence-corrected chi connectivity index (χ4v) is 4.18. The maximum Gasteiger partial charge on any atom is 0.341 e. The molecule has 1 atom stereocenters. The number of esters is 1. The standard InChI is InChI=1S/C18H27NO4S/c1-4-14-12(3)24-17(16(14)18(21)22-5-2)19-15(20)10-9-13-8-6-7-11-23-13/h13H,4-11H2,1-3H3,(H,19,20). The Bertz CT molecular complexity index is 576. The Kier molecular flexibility index (Phi) is 7.24. The first-order valence-electron chi connectivity index (χ1n) is 8.77. The van der Waals surface area contributed by atoms with Crippen molar-refractivity contribution in [3.63, 3.8) is 0 Å². The third kappa shape index (κ3) is 4.80. The Hall–Kier alpha value is -1.40. The van der Waals surface area contributed by atoms with Crippen LogP contribution in [0.25, 0.3) is 0 Å². The topological polar surface area (TPSA) is 64.6 Å². The van der Waals surface area contributed by atoms with Crippen molar-refractivity contribution in [2.24, 2.45) is 0 Å². The van der Waals surface area contributed by atoms with Gasteiger partial charge in [-0.1, -0.05) is 6.92 Å². The second-order valence-electron chi connectivity index (χ2n) is 5.99. The molecule has 1 aliphatic heterocycles. The van der Waals surface area contributed by atoms with Gasteiger partial charge in [-0.25, -0.2) is 4.79 Å². The van der Waals surface area contributed by atoms with Crippen LogP contribution in [0.5, 0.6) is 0 Å². The number of thiophene rings is 1. The van der Waals surface area contributed by atoms with Gasteiger partial charge in [0, 0.05) is 17.9 Å². The molecule has 1 N–H and O–H groups in total. The van der Waals surface area contributed by atoms with E-state index in [0.717, 1.165) is 42.7 Å². The van der Waals surface area contributed by atoms with Crippen LogP contribution in [0.15, 0.2) is 0 Å². The maximum absolute atomic E-state index is 12.3. The molecule has 5 nitrogen and oxygen atoms in total. The first-order chi connectivity index (χ1) is 11.6. The monoisotopic (exact) mass is 353 g/mol. The summed E-state index contributed by atoms with van der Waals surface area (Å²) in [7, 11) is 0. The van der Waals surface area contributed by atoms with E-state index in [-0.39, 0.29) is 18.0 Å². The highest BCUT2D eigenvalue weighted by Gasteiger charge is 2.24. The van der Waals surface area contributed by atoms with E-state index in [1.165, 1.54) is 17.8 Å². The zero-order chi connectivity index (χ0) is 17.5. The molecule has 1 unspecified atom stereocenters.